The van der Waals surface area contributed by atoms with Crippen molar-refractivity contribution in [3.63, 3.8) is 0 Å². The lowest BCUT2D eigenvalue weighted by atomic mass is 9.97. The number of likely N-dealkylation sites (tertiary alicyclic amines) is 1. The number of carboxylic acids is 1. The van der Waals surface area contributed by atoms with E-state index in [4.69, 9.17) is 5.11 Å². The summed E-state index contributed by atoms with van der Waals surface area (Å²) >= 11 is 0. The highest BCUT2D eigenvalue weighted by Gasteiger charge is 2.36. The van der Waals surface area contributed by atoms with Gasteiger partial charge in [-0.3, -0.25) is 9.59 Å². The fourth-order valence-electron chi connectivity index (χ4n) is 2.92. The van der Waals surface area contributed by atoms with Gasteiger partial charge in [0.1, 0.15) is 0 Å². The summed E-state index contributed by atoms with van der Waals surface area (Å²) in [6, 6.07) is 0. The van der Waals surface area contributed by atoms with Crippen LogP contribution in [0.15, 0.2) is 0 Å². The summed E-state index contributed by atoms with van der Waals surface area (Å²) in [5.74, 6) is -0.167. The van der Waals surface area contributed by atoms with Crippen molar-refractivity contribution >= 4 is 11.9 Å². The Morgan fingerprint density at radius 1 is 1.06 bits per heavy atom. The summed E-state index contributed by atoms with van der Waals surface area (Å²) in [6.45, 7) is 3.93. The Morgan fingerprint density at radius 3 is 2.18 bits per heavy atom. The predicted octanol–water partition coefficient (Wildman–Crippen LogP) is 1.75. The quantitative estimate of drug-likeness (QED) is 0.798. The third-order valence-corrected chi connectivity index (χ3v) is 4.23. The SMILES string of the molecule is CC1CCN(C(=O)C2CCC(C(=O)O)C2)CC1. The smallest absolute Gasteiger partial charge is 0.306 e. The molecule has 1 N–H and O–H groups in total. The van der Waals surface area contributed by atoms with Crippen LogP contribution in [0.2, 0.25) is 0 Å². The van der Waals surface area contributed by atoms with E-state index < -0.39 is 5.97 Å². The fraction of sp³-hybridized carbons (Fsp3) is 0.846. The van der Waals surface area contributed by atoms with Crippen molar-refractivity contribution < 1.29 is 14.7 Å². The van der Waals surface area contributed by atoms with Crippen molar-refractivity contribution in [3.05, 3.63) is 0 Å². The molecule has 1 saturated heterocycles. The second-order valence-electron chi connectivity index (χ2n) is 5.55. The van der Waals surface area contributed by atoms with Crippen LogP contribution in [0.25, 0.3) is 0 Å². The molecule has 2 atom stereocenters. The lowest BCUT2D eigenvalue weighted by Crippen LogP contribution is -2.41. The Bertz CT molecular complexity index is 308. The minimum Gasteiger partial charge on any atom is -0.481 e. The van der Waals surface area contributed by atoms with E-state index in [1.165, 1.54) is 0 Å². The van der Waals surface area contributed by atoms with E-state index in [0.29, 0.717) is 12.8 Å². The van der Waals surface area contributed by atoms with Gasteiger partial charge in [0.05, 0.1) is 5.92 Å². The minimum atomic E-state index is -0.743. The van der Waals surface area contributed by atoms with E-state index in [-0.39, 0.29) is 17.7 Å². The van der Waals surface area contributed by atoms with Gasteiger partial charge in [-0.05, 0) is 38.0 Å². The first kappa shape index (κ1) is 12.4. The molecule has 4 heteroatoms. The molecule has 2 aliphatic rings. The van der Waals surface area contributed by atoms with E-state index in [0.717, 1.165) is 38.3 Å². The average molecular weight is 239 g/mol. The van der Waals surface area contributed by atoms with Crippen molar-refractivity contribution in [3.8, 4) is 0 Å². The summed E-state index contributed by atoms with van der Waals surface area (Å²) in [5.41, 5.74) is 0. The Hall–Kier alpha value is -1.06. The molecule has 17 heavy (non-hydrogen) atoms. The number of carbonyl (C=O) groups is 2. The molecule has 0 aromatic carbocycles. The van der Waals surface area contributed by atoms with Gasteiger partial charge >= 0.3 is 5.97 Å². The molecule has 2 rings (SSSR count). The van der Waals surface area contributed by atoms with Gasteiger partial charge < -0.3 is 10.0 Å². The summed E-state index contributed by atoms with van der Waals surface area (Å²) in [6.07, 6.45) is 4.12. The van der Waals surface area contributed by atoms with Gasteiger partial charge in [-0.15, -0.1) is 0 Å². The third-order valence-electron chi connectivity index (χ3n) is 4.23. The van der Waals surface area contributed by atoms with Gasteiger partial charge in [-0.2, -0.15) is 0 Å². The van der Waals surface area contributed by atoms with Crippen LogP contribution in [0.5, 0.6) is 0 Å². The second-order valence-corrected chi connectivity index (χ2v) is 5.55. The van der Waals surface area contributed by atoms with E-state index in [1.807, 2.05) is 4.90 Å². The topological polar surface area (TPSA) is 57.6 Å². The van der Waals surface area contributed by atoms with Gasteiger partial charge in [0.2, 0.25) is 5.91 Å². The Kier molecular flexibility index (Phi) is 3.69. The average Bonchev–Trinajstić information content (AvgIpc) is 2.78. The maximum absolute atomic E-state index is 12.2. The van der Waals surface area contributed by atoms with Crippen LogP contribution in [0.4, 0.5) is 0 Å². The first-order valence-corrected chi connectivity index (χ1v) is 6.59. The molecule has 1 amide bonds. The summed E-state index contributed by atoms with van der Waals surface area (Å²) in [7, 11) is 0. The van der Waals surface area contributed by atoms with Crippen molar-refractivity contribution in [1.29, 1.82) is 0 Å². The van der Waals surface area contributed by atoms with Crippen LogP contribution in [-0.2, 0) is 9.59 Å². The number of aliphatic carboxylic acids is 1. The monoisotopic (exact) mass is 239 g/mol. The van der Waals surface area contributed by atoms with Crippen LogP contribution >= 0.6 is 0 Å². The van der Waals surface area contributed by atoms with Crippen LogP contribution in [-0.4, -0.2) is 35.0 Å². The highest BCUT2D eigenvalue weighted by molar-refractivity contribution is 5.81. The zero-order valence-corrected chi connectivity index (χ0v) is 10.4. The maximum Gasteiger partial charge on any atom is 0.306 e. The molecule has 0 aromatic heterocycles. The van der Waals surface area contributed by atoms with E-state index in [2.05, 4.69) is 6.92 Å². The number of piperidine rings is 1. The summed E-state index contributed by atoms with van der Waals surface area (Å²) in [5, 5.41) is 8.93. The standard InChI is InChI=1S/C13H21NO3/c1-9-4-6-14(7-5-9)12(15)10-2-3-11(8-10)13(16)17/h9-11H,2-8H2,1H3,(H,16,17). The molecule has 0 spiro atoms. The number of hydrogen-bond acceptors (Lipinski definition) is 2. The minimum absolute atomic E-state index is 0.0375. The van der Waals surface area contributed by atoms with E-state index in [1.54, 1.807) is 0 Å². The number of nitrogens with zero attached hydrogens (tertiary/aromatic N) is 1. The van der Waals surface area contributed by atoms with Gasteiger partial charge in [-0.1, -0.05) is 6.92 Å². The Morgan fingerprint density at radius 2 is 1.65 bits per heavy atom. The molecule has 2 fully saturated rings. The summed E-state index contributed by atoms with van der Waals surface area (Å²) in [4.78, 5) is 25.0. The van der Waals surface area contributed by atoms with Crippen LogP contribution in [0, 0.1) is 17.8 Å². The first-order valence-electron chi connectivity index (χ1n) is 6.59. The number of hydrogen-bond donors (Lipinski definition) is 1. The number of carboxylic acid groups (broad SMARTS) is 1. The molecular formula is C13H21NO3. The van der Waals surface area contributed by atoms with Crippen molar-refractivity contribution in [2.75, 3.05) is 13.1 Å². The molecule has 1 aliphatic heterocycles. The Labute approximate surface area is 102 Å². The predicted molar refractivity (Wildman–Crippen MR) is 63.4 cm³/mol. The van der Waals surface area contributed by atoms with Crippen molar-refractivity contribution in [2.24, 2.45) is 17.8 Å². The zero-order valence-electron chi connectivity index (χ0n) is 10.4. The van der Waals surface area contributed by atoms with Crippen molar-refractivity contribution in [2.45, 2.75) is 39.0 Å². The highest BCUT2D eigenvalue weighted by Crippen LogP contribution is 2.33. The molecule has 96 valence electrons. The number of amides is 1. The number of rotatable bonds is 2. The lowest BCUT2D eigenvalue weighted by Gasteiger charge is -2.32. The van der Waals surface area contributed by atoms with Crippen LogP contribution in [0.1, 0.15) is 39.0 Å². The normalized spacial score (nSPS) is 30.5. The van der Waals surface area contributed by atoms with Gasteiger partial charge in [0, 0.05) is 19.0 Å². The maximum atomic E-state index is 12.2. The van der Waals surface area contributed by atoms with Gasteiger partial charge in [0.15, 0.2) is 0 Å². The first-order chi connectivity index (χ1) is 8.08. The van der Waals surface area contributed by atoms with E-state index in [9.17, 15) is 9.59 Å². The highest BCUT2D eigenvalue weighted by atomic mass is 16.4. The molecule has 1 saturated carbocycles. The summed E-state index contributed by atoms with van der Waals surface area (Å²) < 4.78 is 0. The fourth-order valence-corrected chi connectivity index (χ4v) is 2.92. The molecule has 0 radical (unpaired) electrons. The molecule has 2 unspecified atom stereocenters. The zero-order chi connectivity index (χ0) is 12.4. The largest absolute Gasteiger partial charge is 0.481 e. The Balaban J connectivity index is 1.86. The third kappa shape index (κ3) is 2.79. The molecule has 0 aromatic rings. The molecular weight excluding hydrogens is 218 g/mol. The molecule has 1 heterocycles. The van der Waals surface area contributed by atoms with Gasteiger partial charge in [0.25, 0.3) is 0 Å². The molecule has 0 bridgehead atoms. The number of carbonyl (C=O) groups excluding carboxylic acids is 1. The second kappa shape index (κ2) is 5.07. The van der Waals surface area contributed by atoms with Crippen LogP contribution < -0.4 is 0 Å². The van der Waals surface area contributed by atoms with Crippen molar-refractivity contribution in [1.82, 2.24) is 4.90 Å². The molecule has 1 aliphatic carbocycles. The van der Waals surface area contributed by atoms with Gasteiger partial charge in [-0.25, -0.2) is 0 Å². The molecule has 4 nitrogen and oxygen atoms in total. The van der Waals surface area contributed by atoms with E-state index >= 15 is 0 Å². The van der Waals surface area contributed by atoms with Crippen LogP contribution in [0.3, 0.4) is 0 Å². The lowest BCUT2D eigenvalue weighted by molar-refractivity contribution is -0.141.